The van der Waals surface area contributed by atoms with Crippen LogP contribution in [0.25, 0.3) is 0 Å². The highest BCUT2D eigenvalue weighted by Gasteiger charge is 2.01. The molecule has 1 unspecified atom stereocenters. The lowest BCUT2D eigenvalue weighted by molar-refractivity contribution is 0.729. The highest BCUT2D eigenvalue weighted by atomic mass is 127. The highest BCUT2D eigenvalue weighted by Crippen LogP contribution is 2.17. The predicted molar refractivity (Wildman–Crippen MR) is 55.7 cm³/mol. The molecular formula is C9H12IN. The van der Waals surface area contributed by atoms with Gasteiger partial charge in [-0.3, -0.25) is 4.98 Å². The average molecular weight is 261 g/mol. The first-order valence-electron chi connectivity index (χ1n) is 3.85. The fourth-order valence-electron chi connectivity index (χ4n) is 0.914. The minimum absolute atomic E-state index is 0.638. The van der Waals surface area contributed by atoms with Gasteiger partial charge in [0.1, 0.15) is 3.70 Å². The summed E-state index contributed by atoms with van der Waals surface area (Å²) < 4.78 is 1.06. The van der Waals surface area contributed by atoms with Crippen LogP contribution in [-0.2, 0) is 0 Å². The fraction of sp³-hybridized carbons (Fsp3) is 0.444. The lowest BCUT2D eigenvalue weighted by Crippen LogP contribution is -1.92. The van der Waals surface area contributed by atoms with Gasteiger partial charge in [0, 0.05) is 6.20 Å². The first-order chi connectivity index (χ1) is 5.24. The van der Waals surface area contributed by atoms with Crippen molar-refractivity contribution >= 4 is 22.6 Å². The van der Waals surface area contributed by atoms with Crippen LogP contribution in [0.2, 0.25) is 0 Å². The molecule has 1 rings (SSSR count). The van der Waals surface area contributed by atoms with Gasteiger partial charge in [0.25, 0.3) is 0 Å². The Labute approximate surface area is 81.4 Å². The van der Waals surface area contributed by atoms with E-state index in [2.05, 4.69) is 53.6 Å². The summed E-state index contributed by atoms with van der Waals surface area (Å²) in [6.45, 7) is 4.42. The number of pyridine rings is 1. The molecule has 0 aliphatic heterocycles. The minimum Gasteiger partial charge on any atom is -0.250 e. The Morgan fingerprint density at radius 3 is 2.73 bits per heavy atom. The molecule has 0 bridgehead atoms. The smallest absolute Gasteiger partial charge is 0.101 e. The Morgan fingerprint density at radius 2 is 2.27 bits per heavy atom. The maximum atomic E-state index is 4.23. The monoisotopic (exact) mass is 261 g/mol. The first-order valence-corrected chi connectivity index (χ1v) is 4.93. The van der Waals surface area contributed by atoms with E-state index < -0.39 is 0 Å². The van der Waals surface area contributed by atoms with Crippen LogP contribution < -0.4 is 0 Å². The normalized spacial score (nSPS) is 13.0. The fourth-order valence-corrected chi connectivity index (χ4v) is 1.23. The molecule has 1 nitrogen and oxygen atoms in total. The number of hydrogen-bond acceptors (Lipinski definition) is 1. The maximum absolute atomic E-state index is 4.23. The van der Waals surface area contributed by atoms with Crippen molar-refractivity contribution in [2.45, 2.75) is 26.2 Å². The van der Waals surface area contributed by atoms with Crippen molar-refractivity contribution < 1.29 is 0 Å². The van der Waals surface area contributed by atoms with Gasteiger partial charge in [-0.15, -0.1) is 0 Å². The summed E-state index contributed by atoms with van der Waals surface area (Å²) in [7, 11) is 0. The maximum Gasteiger partial charge on any atom is 0.101 e. The van der Waals surface area contributed by atoms with E-state index in [0.29, 0.717) is 5.92 Å². The summed E-state index contributed by atoms with van der Waals surface area (Å²) in [5.41, 5.74) is 1.34. The van der Waals surface area contributed by atoms with Gasteiger partial charge in [-0.1, -0.05) is 19.9 Å². The van der Waals surface area contributed by atoms with Crippen molar-refractivity contribution in [3.05, 3.63) is 27.6 Å². The van der Waals surface area contributed by atoms with E-state index in [-0.39, 0.29) is 0 Å². The summed E-state index contributed by atoms with van der Waals surface area (Å²) in [6.07, 6.45) is 3.15. The Balaban J connectivity index is 2.81. The molecule has 0 amide bonds. The Bertz CT molecular complexity index is 218. The van der Waals surface area contributed by atoms with Crippen LogP contribution in [0.3, 0.4) is 0 Å². The van der Waals surface area contributed by atoms with Crippen molar-refractivity contribution in [2.75, 3.05) is 0 Å². The lowest BCUT2D eigenvalue weighted by Gasteiger charge is -2.06. The molecule has 1 aromatic rings. The van der Waals surface area contributed by atoms with E-state index in [9.17, 15) is 0 Å². The van der Waals surface area contributed by atoms with Crippen LogP contribution in [0.15, 0.2) is 18.3 Å². The molecule has 0 radical (unpaired) electrons. The van der Waals surface area contributed by atoms with Crippen molar-refractivity contribution in [1.29, 1.82) is 0 Å². The Kier molecular flexibility index (Phi) is 3.30. The summed E-state index contributed by atoms with van der Waals surface area (Å²) in [5.74, 6) is 0.638. The number of halogens is 1. The molecule has 0 spiro atoms. The minimum atomic E-state index is 0.638. The second kappa shape index (κ2) is 4.04. The van der Waals surface area contributed by atoms with Gasteiger partial charge in [-0.2, -0.15) is 0 Å². The molecule has 60 valence electrons. The molecule has 0 N–H and O–H groups in total. The molecule has 0 saturated heterocycles. The number of aromatic nitrogens is 1. The largest absolute Gasteiger partial charge is 0.250 e. The second-order valence-corrected chi connectivity index (χ2v) is 3.83. The standard InChI is InChI=1S/C9H12IN/c1-3-7(2)8-4-5-9(10)11-6-8/h4-7H,3H2,1-2H3. The molecule has 1 heterocycles. The first kappa shape index (κ1) is 8.97. The second-order valence-electron chi connectivity index (χ2n) is 2.72. The van der Waals surface area contributed by atoms with Gasteiger partial charge in [0.05, 0.1) is 0 Å². The van der Waals surface area contributed by atoms with Crippen LogP contribution in [0.1, 0.15) is 31.7 Å². The average Bonchev–Trinajstić information content (AvgIpc) is 2.05. The van der Waals surface area contributed by atoms with Crippen molar-refractivity contribution in [2.24, 2.45) is 0 Å². The summed E-state index contributed by atoms with van der Waals surface area (Å²) in [5, 5.41) is 0. The molecule has 1 aromatic heterocycles. The molecule has 0 saturated carbocycles. The topological polar surface area (TPSA) is 12.9 Å². The van der Waals surface area contributed by atoms with Crippen molar-refractivity contribution in [1.82, 2.24) is 4.98 Å². The van der Waals surface area contributed by atoms with Gasteiger partial charge < -0.3 is 0 Å². The SMILES string of the molecule is CCC(C)c1ccc(I)nc1. The van der Waals surface area contributed by atoms with Gasteiger partial charge >= 0.3 is 0 Å². The molecule has 1 atom stereocenters. The third-order valence-corrected chi connectivity index (χ3v) is 2.57. The summed E-state index contributed by atoms with van der Waals surface area (Å²) in [4.78, 5) is 4.23. The van der Waals surface area contributed by atoms with Crippen LogP contribution in [0.4, 0.5) is 0 Å². The number of hydrogen-bond donors (Lipinski definition) is 0. The van der Waals surface area contributed by atoms with Crippen molar-refractivity contribution in [3.8, 4) is 0 Å². The molecule has 0 aromatic carbocycles. The summed E-state index contributed by atoms with van der Waals surface area (Å²) >= 11 is 2.22. The van der Waals surface area contributed by atoms with Crippen molar-refractivity contribution in [3.63, 3.8) is 0 Å². The van der Waals surface area contributed by atoms with Crippen LogP contribution >= 0.6 is 22.6 Å². The van der Waals surface area contributed by atoms with Gasteiger partial charge in [-0.25, -0.2) is 0 Å². The third-order valence-electron chi connectivity index (χ3n) is 1.93. The zero-order valence-corrected chi connectivity index (χ0v) is 9.00. The van der Waals surface area contributed by atoms with Gasteiger partial charge in [0.2, 0.25) is 0 Å². The van der Waals surface area contributed by atoms with Crippen LogP contribution in [-0.4, -0.2) is 4.98 Å². The Morgan fingerprint density at radius 1 is 1.55 bits per heavy atom. The van der Waals surface area contributed by atoms with Crippen LogP contribution in [0, 0.1) is 3.70 Å². The molecule has 11 heavy (non-hydrogen) atoms. The predicted octanol–water partition coefficient (Wildman–Crippen LogP) is 3.20. The third kappa shape index (κ3) is 2.43. The highest BCUT2D eigenvalue weighted by molar-refractivity contribution is 14.1. The quantitative estimate of drug-likeness (QED) is 0.588. The molecule has 0 fully saturated rings. The summed E-state index contributed by atoms with van der Waals surface area (Å²) in [6, 6.07) is 4.21. The Hall–Kier alpha value is -0.120. The van der Waals surface area contributed by atoms with Crippen LogP contribution in [0.5, 0.6) is 0 Å². The molecule has 0 aliphatic rings. The van der Waals surface area contributed by atoms with Gasteiger partial charge in [0.15, 0.2) is 0 Å². The van der Waals surface area contributed by atoms with E-state index in [1.165, 1.54) is 12.0 Å². The lowest BCUT2D eigenvalue weighted by atomic mass is 10.0. The molecule has 0 aliphatic carbocycles. The molecular weight excluding hydrogens is 249 g/mol. The van der Waals surface area contributed by atoms with E-state index in [4.69, 9.17) is 0 Å². The van der Waals surface area contributed by atoms with E-state index >= 15 is 0 Å². The zero-order chi connectivity index (χ0) is 8.27. The van der Waals surface area contributed by atoms with E-state index in [1.807, 2.05) is 6.20 Å². The number of rotatable bonds is 2. The van der Waals surface area contributed by atoms with Gasteiger partial charge in [-0.05, 0) is 46.6 Å². The molecule has 2 heteroatoms. The zero-order valence-electron chi connectivity index (χ0n) is 6.84. The van der Waals surface area contributed by atoms with E-state index in [0.717, 1.165) is 3.70 Å². The van der Waals surface area contributed by atoms with E-state index in [1.54, 1.807) is 0 Å². The number of nitrogens with zero attached hydrogens (tertiary/aromatic N) is 1.